The van der Waals surface area contributed by atoms with Gasteiger partial charge < -0.3 is 0 Å². The lowest BCUT2D eigenvalue weighted by Crippen LogP contribution is -2.00. The predicted octanol–water partition coefficient (Wildman–Crippen LogP) is 18.1. The van der Waals surface area contributed by atoms with E-state index >= 15 is 0 Å². The van der Waals surface area contributed by atoms with Crippen LogP contribution in [0.2, 0.25) is 0 Å². The average molecular weight is 855 g/mol. The minimum atomic E-state index is 0.805. The maximum atomic E-state index is 4.70. The van der Waals surface area contributed by atoms with Gasteiger partial charge in [-0.3, -0.25) is 0 Å². The summed E-state index contributed by atoms with van der Waals surface area (Å²) < 4.78 is 0. The highest BCUT2D eigenvalue weighted by molar-refractivity contribution is 7.84. The standard InChI is InChI=1S/C59H52S2.C2H6/c1-4-6-8-9-14-32-48(45-26-15-10-16-27-45)41-55-51-35-21-22-36-52(51)57(43-54(46-28-17-11-18-29-46)47-30-19-12-20-31-47)56-42-49(33-23-37-53(55)56)59-40-39-50(61-59)34-24-38-58(60)44(3)25-13-7-5-2;1-2/h4-22,24-31,34-36,38-43,60H,1,3,23,32-33,37H2,2H3;1-2H3/b7-5-,8-6-,14-9-,25-13-,34-24+,48-41+,58-38-;. The second-order valence-corrected chi connectivity index (χ2v) is 16.5. The van der Waals surface area contributed by atoms with E-state index in [2.05, 4.69) is 183 Å². The Morgan fingerprint density at radius 3 is 1.95 bits per heavy atom. The van der Waals surface area contributed by atoms with Crippen molar-refractivity contribution in [3.63, 3.8) is 0 Å². The molecule has 0 atom stereocenters. The van der Waals surface area contributed by atoms with Gasteiger partial charge in [0, 0.05) is 14.7 Å². The van der Waals surface area contributed by atoms with E-state index in [1.807, 2.05) is 80.7 Å². The molecule has 63 heavy (non-hydrogen) atoms. The molecule has 0 saturated carbocycles. The Morgan fingerprint density at radius 2 is 1.30 bits per heavy atom. The third-order valence-corrected chi connectivity index (χ3v) is 12.3. The first kappa shape index (κ1) is 46.1. The summed E-state index contributed by atoms with van der Waals surface area (Å²) in [7, 11) is 0. The summed E-state index contributed by atoms with van der Waals surface area (Å²) in [6, 6.07) is 46.0. The van der Waals surface area contributed by atoms with Gasteiger partial charge in [-0.1, -0.05) is 203 Å². The van der Waals surface area contributed by atoms with Crippen molar-refractivity contribution in [2.45, 2.75) is 46.5 Å². The van der Waals surface area contributed by atoms with Crippen LogP contribution in [0.15, 0.2) is 218 Å². The zero-order valence-electron chi connectivity index (χ0n) is 36.9. The quantitative estimate of drug-likeness (QED) is 0.0594. The predicted molar refractivity (Wildman–Crippen MR) is 287 cm³/mol. The van der Waals surface area contributed by atoms with E-state index in [0.717, 1.165) is 36.2 Å². The second-order valence-electron chi connectivity index (χ2n) is 14.9. The van der Waals surface area contributed by atoms with Crippen LogP contribution in [0.25, 0.3) is 51.8 Å². The summed E-state index contributed by atoms with van der Waals surface area (Å²) in [5.41, 5.74) is 13.6. The lowest BCUT2D eigenvalue weighted by molar-refractivity contribution is 0.861. The molecule has 0 spiro atoms. The van der Waals surface area contributed by atoms with Gasteiger partial charge in [0.2, 0.25) is 0 Å². The Bertz CT molecular complexity index is 2710. The average Bonchev–Trinajstić information content (AvgIpc) is 3.70. The van der Waals surface area contributed by atoms with Crippen molar-refractivity contribution in [2.75, 3.05) is 0 Å². The summed E-state index contributed by atoms with van der Waals surface area (Å²) >= 11 is 6.54. The van der Waals surface area contributed by atoms with E-state index in [9.17, 15) is 0 Å². The fourth-order valence-corrected chi connectivity index (χ4v) is 8.88. The fourth-order valence-electron chi connectivity index (χ4n) is 7.76. The molecule has 314 valence electrons. The normalized spacial score (nSPS) is 13.4. The lowest BCUT2D eigenvalue weighted by atomic mass is 9.84. The smallest absolute Gasteiger partial charge is 0.0308 e. The molecule has 2 heteroatoms. The van der Waals surface area contributed by atoms with E-state index < -0.39 is 0 Å². The van der Waals surface area contributed by atoms with Crippen LogP contribution < -0.4 is 0 Å². The van der Waals surface area contributed by atoms with E-state index in [0.29, 0.717) is 0 Å². The van der Waals surface area contributed by atoms with Gasteiger partial charge in [-0.15, -0.1) is 24.0 Å². The van der Waals surface area contributed by atoms with Crippen molar-refractivity contribution in [3.8, 4) is 0 Å². The molecule has 5 aromatic carbocycles. The van der Waals surface area contributed by atoms with Crippen LogP contribution >= 0.6 is 24.0 Å². The van der Waals surface area contributed by atoms with Gasteiger partial charge in [0.05, 0.1) is 0 Å². The highest BCUT2D eigenvalue weighted by Gasteiger charge is 2.22. The third-order valence-electron chi connectivity index (χ3n) is 10.8. The molecule has 1 heterocycles. The molecule has 7 rings (SSSR count). The molecular formula is C61H58S2. The topological polar surface area (TPSA) is 0 Å². The van der Waals surface area contributed by atoms with Crippen molar-refractivity contribution in [3.05, 3.63) is 267 Å². The maximum absolute atomic E-state index is 4.70. The minimum Gasteiger partial charge on any atom is -0.143 e. The van der Waals surface area contributed by atoms with Crippen molar-refractivity contribution in [1.82, 2.24) is 0 Å². The number of benzene rings is 5. The van der Waals surface area contributed by atoms with E-state index in [-0.39, 0.29) is 0 Å². The number of thiol groups is 1. The van der Waals surface area contributed by atoms with Crippen LogP contribution in [0.1, 0.15) is 88.7 Å². The van der Waals surface area contributed by atoms with Gasteiger partial charge in [-0.25, -0.2) is 0 Å². The lowest BCUT2D eigenvalue weighted by Gasteiger charge is -2.20. The van der Waals surface area contributed by atoms with Gasteiger partial charge in [0.15, 0.2) is 0 Å². The number of hydrogen-bond acceptors (Lipinski definition) is 2. The highest BCUT2D eigenvalue weighted by atomic mass is 32.1. The summed E-state index contributed by atoms with van der Waals surface area (Å²) in [6.07, 6.45) is 35.7. The van der Waals surface area contributed by atoms with Crippen LogP contribution in [0.4, 0.5) is 0 Å². The molecule has 1 aliphatic rings. The first-order chi connectivity index (χ1) is 31.0. The van der Waals surface area contributed by atoms with Crippen LogP contribution in [-0.4, -0.2) is 0 Å². The summed E-state index contributed by atoms with van der Waals surface area (Å²) in [5, 5.41) is 2.52. The second kappa shape index (κ2) is 24.3. The molecular weight excluding hydrogens is 797 g/mol. The van der Waals surface area contributed by atoms with Gasteiger partial charge in [-0.2, -0.15) is 0 Å². The van der Waals surface area contributed by atoms with Crippen LogP contribution in [0.5, 0.6) is 0 Å². The van der Waals surface area contributed by atoms with Crippen molar-refractivity contribution in [1.29, 1.82) is 0 Å². The van der Waals surface area contributed by atoms with Gasteiger partial charge >= 0.3 is 0 Å². The monoisotopic (exact) mass is 854 g/mol. The first-order valence-corrected chi connectivity index (χ1v) is 23.3. The molecule has 0 radical (unpaired) electrons. The molecule has 1 aliphatic carbocycles. The molecule has 0 aliphatic heterocycles. The fraction of sp³-hybridized carbons (Fsp3) is 0.115. The van der Waals surface area contributed by atoms with Crippen LogP contribution in [-0.2, 0) is 6.42 Å². The molecule has 1 aromatic heterocycles. The van der Waals surface area contributed by atoms with Gasteiger partial charge in [0.1, 0.15) is 0 Å². The van der Waals surface area contributed by atoms with E-state index in [4.69, 9.17) is 12.6 Å². The molecule has 6 aromatic rings. The van der Waals surface area contributed by atoms with Gasteiger partial charge in [-0.05, 0) is 147 Å². The van der Waals surface area contributed by atoms with E-state index in [1.165, 1.54) is 76.2 Å². The number of thiophene rings is 1. The van der Waals surface area contributed by atoms with E-state index in [1.54, 1.807) is 0 Å². The molecule has 0 bridgehead atoms. The first-order valence-electron chi connectivity index (χ1n) is 22.0. The zero-order chi connectivity index (χ0) is 44.2. The molecule has 0 amide bonds. The number of rotatable bonds is 15. The molecule has 0 N–H and O–H groups in total. The summed E-state index contributed by atoms with van der Waals surface area (Å²) in [5.74, 6) is 0. The Balaban J connectivity index is 0.00000326. The summed E-state index contributed by atoms with van der Waals surface area (Å²) in [6.45, 7) is 14.0. The zero-order valence-corrected chi connectivity index (χ0v) is 38.6. The van der Waals surface area contributed by atoms with Crippen LogP contribution in [0, 0.1) is 0 Å². The maximum Gasteiger partial charge on any atom is 0.0308 e. The Hall–Kier alpha value is -6.45. The van der Waals surface area contributed by atoms with Gasteiger partial charge in [0.25, 0.3) is 0 Å². The molecule has 0 saturated heterocycles. The van der Waals surface area contributed by atoms with Crippen molar-refractivity contribution >= 4 is 75.8 Å². The van der Waals surface area contributed by atoms with Crippen LogP contribution in [0.3, 0.4) is 0 Å². The SMILES string of the molecule is C=C/C=C\C=C/C/C(=C\c1c2c(c(C=C(c3ccccc3)c3ccccc3)c3ccccc13)C=C(c1ccc(/C=C/C=C(\S)C(=C)/C=C\C=C/C)s1)CCC2)c1ccccc1.CC. The summed E-state index contributed by atoms with van der Waals surface area (Å²) in [4.78, 5) is 3.35. The highest BCUT2D eigenvalue weighted by Crippen LogP contribution is 2.43. The van der Waals surface area contributed by atoms with Crippen molar-refractivity contribution in [2.24, 2.45) is 0 Å². The Kier molecular flexibility index (Phi) is 17.7. The number of allylic oxidation sites excluding steroid dienone is 14. The third kappa shape index (κ3) is 12.4. The Morgan fingerprint density at radius 1 is 0.667 bits per heavy atom. The molecule has 0 unspecified atom stereocenters. The molecule has 0 nitrogen and oxygen atoms in total. The minimum absolute atomic E-state index is 0.805. The largest absolute Gasteiger partial charge is 0.143 e. The number of hydrogen-bond donors (Lipinski definition) is 1. The Labute approximate surface area is 386 Å². The molecule has 0 fully saturated rings. The van der Waals surface area contributed by atoms with Crippen molar-refractivity contribution < 1.29 is 0 Å². The number of fused-ring (bicyclic) bond motifs is 2.